The molecule has 2 aromatic heterocycles. The summed E-state index contributed by atoms with van der Waals surface area (Å²) in [6, 6.07) is 4.17. The van der Waals surface area contributed by atoms with Crippen molar-refractivity contribution < 1.29 is 8.42 Å². The van der Waals surface area contributed by atoms with Crippen molar-refractivity contribution in [3.8, 4) is 0 Å². The fraction of sp³-hybridized carbons (Fsp3) is 0.556. The maximum Gasteiger partial charge on any atom is 0.211 e. The lowest BCUT2D eigenvalue weighted by atomic mass is 9.91. The van der Waals surface area contributed by atoms with Gasteiger partial charge in [-0.25, -0.2) is 12.7 Å². The molecule has 0 N–H and O–H groups in total. The molecule has 0 radical (unpaired) electrons. The topological polar surface area (TPSA) is 63.2 Å². The van der Waals surface area contributed by atoms with Crippen molar-refractivity contribution in [2.45, 2.75) is 39.0 Å². The lowest BCUT2D eigenvalue weighted by Crippen LogP contribution is -2.30. The molecule has 24 heavy (non-hydrogen) atoms. The van der Waals surface area contributed by atoms with E-state index in [1.54, 1.807) is 10.5 Å². The zero-order chi connectivity index (χ0) is 17.2. The van der Waals surface area contributed by atoms with Crippen LogP contribution in [0.4, 0.5) is 0 Å². The fourth-order valence-corrected chi connectivity index (χ4v) is 4.43. The van der Waals surface area contributed by atoms with Crippen LogP contribution in [0.25, 0.3) is 10.9 Å². The Balaban J connectivity index is 1.82. The smallest absolute Gasteiger partial charge is 0.211 e. The van der Waals surface area contributed by atoms with Crippen LogP contribution >= 0.6 is 0 Å². The second-order valence-electron chi connectivity index (χ2n) is 6.68. The third kappa shape index (κ3) is 3.92. The van der Waals surface area contributed by atoms with Crippen LogP contribution in [0.15, 0.2) is 24.5 Å². The van der Waals surface area contributed by atoms with Crippen LogP contribution in [-0.4, -0.2) is 42.0 Å². The standard InChI is InChI=1S/C18H25N3O2S/c1-3-16-12-15(17-13-19-8-6-18(17)20-16)11-14-5-4-9-21(10-7-14)24(2,22)23/h6,8,12-14H,3-5,7,9-11H2,1-2H3/t14-/m0/s1. The van der Waals surface area contributed by atoms with Gasteiger partial charge in [0.1, 0.15) is 0 Å². The molecule has 6 heteroatoms. The molecule has 2 aromatic rings. The van der Waals surface area contributed by atoms with E-state index in [1.165, 1.54) is 11.8 Å². The third-order valence-electron chi connectivity index (χ3n) is 4.90. The van der Waals surface area contributed by atoms with Gasteiger partial charge in [-0.3, -0.25) is 9.97 Å². The second kappa shape index (κ2) is 7.15. The summed E-state index contributed by atoms with van der Waals surface area (Å²) < 4.78 is 25.2. The molecule has 1 aliphatic rings. The maximum atomic E-state index is 11.8. The quantitative estimate of drug-likeness (QED) is 0.853. The minimum Gasteiger partial charge on any atom is -0.264 e. The molecule has 0 saturated carbocycles. The molecule has 0 unspecified atom stereocenters. The Morgan fingerprint density at radius 1 is 1.29 bits per heavy atom. The summed E-state index contributed by atoms with van der Waals surface area (Å²) in [5.41, 5.74) is 3.41. The first kappa shape index (κ1) is 17.3. The van der Waals surface area contributed by atoms with E-state index in [2.05, 4.69) is 23.0 Å². The Morgan fingerprint density at radius 2 is 2.12 bits per heavy atom. The molecule has 1 aliphatic heterocycles. The fourth-order valence-electron chi connectivity index (χ4n) is 3.53. The highest BCUT2D eigenvalue weighted by Crippen LogP contribution is 2.26. The van der Waals surface area contributed by atoms with Crippen LogP contribution in [0, 0.1) is 5.92 Å². The Hall–Kier alpha value is -1.53. The van der Waals surface area contributed by atoms with E-state index in [-0.39, 0.29) is 0 Å². The number of fused-ring (bicyclic) bond motifs is 1. The lowest BCUT2D eigenvalue weighted by molar-refractivity contribution is 0.414. The van der Waals surface area contributed by atoms with Gasteiger partial charge in [0.15, 0.2) is 0 Å². The summed E-state index contributed by atoms with van der Waals surface area (Å²) in [6.45, 7) is 3.40. The number of hydrogen-bond acceptors (Lipinski definition) is 4. The van der Waals surface area contributed by atoms with Gasteiger partial charge in [-0.2, -0.15) is 0 Å². The van der Waals surface area contributed by atoms with E-state index in [1.807, 2.05) is 12.3 Å². The SMILES string of the molecule is CCc1cc(C[C@H]2CCCN(S(C)(=O)=O)CC2)c2cnccc2n1. The van der Waals surface area contributed by atoms with Crippen LogP contribution in [0.2, 0.25) is 0 Å². The second-order valence-corrected chi connectivity index (χ2v) is 8.66. The number of aryl methyl sites for hydroxylation is 1. The number of sulfonamides is 1. The molecule has 0 spiro atoms. The molecule has 1 fully saturated rings. The van der Waals surface area contributed by atoms with Crippen molar-refractivity contribution in [3.63, 3.8) is 0 Å². The van der Waals surface area contributed by atoms with Crippen LogP contribution in [-0.2, 0) is 22.9 Å². The molecular formula is C18H25N3O2S. The number of hydrogen-bond donors (Lipinski definition) is 0. The Labute approximate surface area is 144 Å². The molecule has 0 aliphatic carbocycles. The van der Waals surface area contributed by atoms with E-state index < -0.39 is 10.0 Å². The van der Waals surface area contributed by atoms with Gasteiger partial charge in [0.2, 0.25) is 10.0 Å². The minimum atomic E-state index is -3.08. The summed E-state index contributed by atoms with van der Waals surface area (Å²) in [5.74, 6) is 0.507. The normalized spacial score (nSPS) is 20.2. The van der Waals surface area contributed by atoms with Crippen molar-refractivity contribution >= 4 is 20.9 Å². The van der Waals surface area contributed by atoms with Gasteiger partial charge in [-0.1, -0.05) is 6.92 Å². The Bertz CT molecular complexity index is 820. The van der Waals surface area contributed by atoms with E-state index >= 15 is 0 Å². The first-order chi connectivity index (χ1) is 11.5. The number of aromatic nitrogens is 2. The van der Waals surface area contributed by atoms with Crippen molar-refractivity contribution in [2.24, 2.45) is 5.92 Å². The van der Waals surface area contributed by atoms with Crippen LogP contribution in [0.3, 0.4) is 0 Å². The van der Waals surface area contributed by atoms with Gasteiger partial charge in [0, 0.05) is 36.6 Å². The van der Waals surface area contributed by atoms with Gasteiger partial charge in [-0.05, 0) is 55.7 Å². The van der Waals surface area contributed by atoms with Crippen molar-refractivity contribution in [2.75, 3.05) is 19.3 Å². The molecular weight excluding hydrogens is 322 g/mol. The zero-order valence-electron chi connectivity index (χ0n) is 14.4. The number of nitrogens with zero attached hydrogens (tertiary/aromatic N) is 3. The average molecular weight is 347 g/mol. The largest absolute Gasteiger partial charge is 0.264 e. The van der Waals surface area contributed by atoms with Crippen LogP contribution in [0.5, 0.6) is 0 Å². The van der Waals surface area contributed by atoms with Gasteiger partial charge < -0.3 is 0 Å². The van der Waals surface area contributed by atoms with Gasteiger partial charge >= 0.3 is 0 Å². The van der Waals surface area contributed by atoms with Crippen molar-refractivity contribution in [1.82, 2.24) is 14.3 Å². The third-order valence-corrected chi connectivity index (χ3v) is 6.20. The highest BCUT2D eigenvalue weighted by atomic mass is 32.2. The molecule has 0 aromatic carbocycles. The summed E-state index contributed by atoms with van der Waals surface area (Å²) in [7, 11) is -3.08. The first-order valence-corrected chi connectivity index (χ1v) is 10.5. The summed E-state index contributed by atoms with van der Waals surface area (Å²) in [5, 5.41) is 1.12. The Morgan fingerprint density at radius 3 is 2.88 bits per heavy atom. The maximum absolute atomic E-state index is 11.8. The number of rotatable bonds is 4. The summed E-state index contributed by atoms with van der Waals surface area (Å²) >= 11 is 0. The van der Waals surface area contributed by atoms with Gasteiger partial charge in [0.05, 0.1) is 11.8 Å². The van der Waals surface area contributed by atoms with Crippen molar-refractivity contribution in [3.05, 3.63) is 35.8 Å². The van der Waals surface area contributed by atoms with E-state index in [0.29, 0.717) is 19.0 Å². The molecule has 3 heterocycles. The average Bonchev–Trinajstić information content (AvgIpc) is 2.80. The molecule has 5 nitrogen and oxygen atoms in total. The monoisotopic (exact) mass is 347 g/mol. The predicted octanol–water partition coefficient (Wildman–Crippen LogP) is 2.80. The molecule has 1 atom stereocenters. The molecule has 130 valence electrons. The summed E-state index contributed by atoms with van der Waals surface area (Å²) in [4.78, 5) is 8.94. The van der Waals surface area contributed by atoms with Crippen LogP contribution < -0.4 is 0 Å². The van der Waals surface area contributed by atoms with Crippen molar-refractivity contribution in [1.29, 1.82) is 0 Å². The van der Waals surface area contributed by atoms with E-state index in [4.69, 9.17) is 0 Å². The first-order valence-electron chi connectivity index (χ1n) is 8.65. The zero-order valence-corrected chi connectivity index (χ0v) is 15.2. The predicted molar refractivity (Wildman–Crippen MR) is 96.4 cm³/mol. The molecule has 1 saturated heterocycles. The van der Waals surface area contributed by atoms with Crippen LogP contribution in [0.1, 0.15) is 37.4 Å². The van der Waals surface area contributed by atoms with Gasteiger partial charge in [-0.15, -0.1) is 0 Å². The molecule has 3 rings (SSSR count). The molecule has 0 amide bonds. The van der Waals surface area contributed by atoms with Gasteiger partial charge in [0.25, 0.3) is 0 Å². The highest BCUT2D eigenvalue weighted by Gasteiger charge is 2.23. The lowest BCUT2D eigenvalue weighted by Gasteiger charge is -2.18. The van der Waals surface area contributed by atoms with E-state index in [0.717, 1.165) is 48.7 Å². The molecule has 0 bridgehead atoms. The Kier molecular flexibility index (Phi) is 5.15. The number of pyridine rings is 2. The van der Waals surface area contributed by atoms with E-state index in [9.17, 15) is 8.42 Å². The highest BCUT2D eigenvalue weighted by molar-refractivity contribution is 7.88. The minimum absolute atomic E-state index is 0.507. The summed E-state index contributed by atoms with van der Waals surface area (Å²) in [6.07, 6.45) is 9.79.